The summed E-state index contributed by atoms with van der Waals surface area (Å²) in [6.45, 7) is 8.09. The number of carbonyl (C=O) groups excluding carboxylic acids is 4. The van der Waals surface area contributed by atoms with Crippen LogP contribution in [0.1, 0.15) is 61.3 Å². The van der Waals surface area contributed by atoms with Crippen molar-refractivity contribution >= 4 is 24.4 Å². The Balaban J connectivity index is 0. The zero-order valence-corrected chi connectivity index (χ0v) is 15.8. The summed E-state index contributed by atoms with van der Waals surface area (Å²) in [7, 11) is 0. The second-order valence-electron chi connectivity index (χ2n) is 6.12. The van der Waals surface area contributed by atoms with Gasteiger partial charge in [0, 0.05) is 24.0 Å². The number of aldehydes is 2. The van der Waals surface area contributed by atoms with Gasteiger partial charge in [0.25, 0.3) is 11.8 Å². The van der Waals surface area contributed by atoms with Crippen LogP contribution in [0.25, 0.3) is 0 Å². The van der Waals surface area contributed by atoms with Crippen LogP contribution >= 0.6 is 0 Å². The van der Waals surface area contributed by atoms with E-state index >= 15 is 0 Å². The molecule has 0 aromatic heterocycles. The highest BCUT2D eigenvalue weighted by Crippen LogP contribution is 2.03. The molecule has 0 saturated heterocycles. The molecule has 0 radical (unpaired) electrons. The minimum absolute atomic E-state index is 0.376. The molecule has 0 aliphatic rings. The topological polar surface area (TPSA) is 144 Å². The maximum absolute atomic E-state index is 11.0. The third kappa shape index (κ3) is 13.8. The largest absolute Gasteiger partial charge is 0.303 e. The molecule has 8 heteroatoms. The first-order valence-corrected chi connectivity index (χ1v) is 8.22. The summed E-state index contributed by atoms with van der Waals surface area (Å²) < 4.78 is 0. The molecule has 1 aromatic carbocycles. The smallest absolute Gasteiger partial charge is 0.265 e. The van der Waals surface area contributed by atoms with Gasteiger partial charge >= 0.3 is 0 Å². The maximum Gasteiger partial charge on any atom is 0.265 e. The number of hydrazine groups is 2. The Hall–Kier alpha value is -2.58. The van der Waals surface area contributed by atoms with Crippen molar-refractivity contribution in [3.63, 3.8) is 0 Å². The minimum Gasteiger partial charge on any atom is -0.303 e. The van der Waals surface area contributed by atoms with Crippen molar-refractivity contribution in [1.29, 1.82) is 0 Å². The minimum atomic E-state index is -0.412. The summed E-state index contributed by atoms with van der Waals surface area (Å²) in [6, 6.07) is 5.92. The van der Waals surface area contributed by atoms with E-state index in [2.05, 4.69) is 0 Å². The third-order valence-electron chi connectivity index (χ3n) is 2.81. The standard InChI is InChI=1S/C8H10N4O2.2C5H10O/c9-11-7(13)5-1-2-6(4-3-5)8(14)12-10;2*1-5(2)3-4-6/h1-4H,9-10H2,(H,11,13)(H,12,14);2*4-5H,3H2,1-2H3. The molecule has 0 fully saturated rings. The molecular formula is C18H30N4O4. The zero-order chi connectivity index (χ0) is 20.5. The second-order valence-corrected chi connectivity index (χ2v) is 6.12. The summed E-state index contributed by atoms with van der Waals surface area (Å²) in [6.07, 6.45) is 3.29. The molecule has 0 spiro atoms. The van der Waals surface area contributed by atoms with Gasteiger partial charge in [-0.1, -0.05) is 27.7 Å². The quantitative estimate of drug-likeness (QED) is 0.259. The predicted molar refractivity (Wildman–Crippen MR) is 101 cm³/mol. The van der Waals surface area contributed by atoms with Crippen molar-refractivity contribution in [2.75, 3.05) is 0 Å². The Bertz CT molecular complexity index is 494. The summed E-state index contributed by atoms with van der Waals surface area (Å²) in [5.41, 5.74) is 4.71. The highest BCUT2D eigenvalue weighted by molar-refractivity contribution is 5.97. The lowest BCUT2D eigenvalue weighted by Gasteiger charge is -2.01. The summed E-state index contributed by atoms with van der Waals surface area (Å²) >= 11 is 0. The number of hydrogen-bond acceptors (Lipinski definition) is 6. The summed E-state index contributed by atoms with van der Waals surface area (Å²) in [5.74, 6) is 10.1. The van der Waals surface area contributed by atoms with Gasteiger partial charge in [-0.3, -0.25) is 20.4 Å². The van der Waals surface area contributed by atoms with Crippen LogP contribution in [0.2, 0.25) is 0 Å². The van der Waals surface area contributed by atoms with E-state index in [-0.39, 0.29) is 0 Å². The maximum atomic E-state index is 11.0. The van der Waals surface area contributed by atoms with E-state index in [0.29, 0.717) is 35.8 Å². The predicted octanol–water partition coefficient (Wildman–Crippen LogP) is 1.36. The fraction of sp³-hybridized carbons (Fsp3) is 0.444. The highest BCUT2D eigenvalue weighted by atomic mass is 16.2. The number of rotatable bonds is 6. The molecule has 146 valence electrons. The molecule has 0 saturated carbocycles. The van der Waals surface area contributed by atoms with Gasteiger partial charge in [-0.05, 0) is 36.1 Å². The number of hydrogen-bond donors (Lipinski definition) is 4. The molecule has 0 atom stereocenters. The molecular weight excluding hydrogens is 336 g/mol. The highest BCUT2D eigenvalue weighted by Gasteiger charge is 2.06. The van der Waals surface area contributed by atoms with Crippen molar-refractivity contribution in [2.24, 2.45) is 23.5 Å². The third-order valence-corrected chi connectivity index (χ3v) is 2.81. The van der Waals surface area contributed by atoms with Gasteiger partial charge < -0.3 is 9.59 Å². The van der Waals surface area contributed by atoms with Crippen molar-refractivity contribution in [2.45, 2.75) is 40.5 Å². The number of nitrogen functional groups attached to an aromatic ring is 2. The second kappa shape index (κ2) is 15.9. The zero-order valence-electron chi connectivity index (χ0n) is 15.8. The molecule has 8 nitrogen and oxygen atoms in total. The van der Waals surface area contributed by atoms with Crippen molar-refractivity contribution in [1.82, 2.24) is 10.9 Å². The van der Waals surface area contributed by atoms with Gasteiger partial charge in [0.05, 0.1) is 0 Å². The van der Waals surface area contributed by atoms with E-state index in [4.69, 9.17) is 11.7 Å². The van der Waals surface area contributed by atoms with Crippen LogP contribution in [0, 0.1) is 11.8 Å². The normalized spacial score (nSPS) is 9.23. The van der Waals surface area contributed by atoms with E-state index in [1.807, 2.05) is 38.5 Å². The number of benzene rings is 1. The van der Waals surface area contributed by atoms with E-state index in [1.54, 1.807) is 0 Å². The Morgan fingerprint density at radius 1 is 0.808 bits per heavy atom. The first-order chi connectivity index (χ1) is 12.2. The lowest BCUT2D eigenvalue weighted by atomic mass is 10.1. The van der Waals surface area contributed by atoms with Crippen molar-refractivity contribution < 1.29 is 19.2 Å². The first kappa shape index (κ1) is 25.7. The molecule has 0 unspecified atom stereocenters. The van der Waals surface area contributed by atoms with E-state index in [9.17, 15) is 19.2 Å². The van der Waals surface area contributed by atoms with Gasteiger partial charge in [0.15, 0.2) is 0 Å². The molecule has 0 aliphatic heterocycles. The van der Waals surface area contributed by atoms with Gasteiger partial charge in [0.2, 0.25) is 0 Å². The van der Waals surface area contributed by atoms with Crippen molar-refractivity contribution in [3.8, 4) is 0 Å². The summed E-state index contributed by atoms with van der Waals surface area (Å²) in [5, 5.41) is 0. The van der Waals surface area contributed by atoms with Gasteiger partial charge in [0.1, 0.15) is 12.6 Å². The number of amides is 2. The number of carbonyl (C=O) groups is 4. The lowest BCUT2D eigenvalue weighted by Crippen LogP contribution is -2.31. The fourth-order valence-electron chi connectivity index (χ4n) is 1.32. The van der Waals surface area contributed by atoms with Gasteiger partial charge in [-0.15, -0.1) is 0 Å². The van der Waals surface area contributed by atoms with Crippen LogP contribution in [-0.4, -0.2) is 24.4 Å². The average molecular weight is 366 g/mol. The molecule has 0 heterocycles. The molecule has 1 aromatic rings. The fourth-order valence-corrected chi connectivity index (χ4v) is 1.32. The summed E-state index contributed by atoms with van der Waals surface area (Å²) in [4.78, 5) is 41.2. The van der Waals surface area contributed by atoms with E-state index in [0.717, 1.165) is 12.6 Å². The number of nitrogens with one attached hydrogen (secondary N) is 2. The van der Waals surface area contributed by atoms with Gasteiger partial charge in [-0.25, -0.2) is 11.7 Å². The first-order valence-electron chi connectivity index (χ1n) is 8.22. The molecule has 1 rings (SSSR count). The van der Waals surface area contributed by atoms with Gasteiger partial charge in [-0.2, -0.15) is 0 Å². The SMILES string of the molecule is CC(C)CC=O.CC(C)CC=O.NNC(=O)c1ccc(C(=O)NN)cc1. The Labute approximate surface area is 154 Å². The molecule has 26 heavy (non-hydrogen) atoms. The Morgan fingerprint density at radius 3 is 1.19 bits per heavy atom. The molecule has 2 amide bonds. The van der Waals surface area contributed by atoms with Crippen molar-refractivity contribution in [3.05, 3.63) is 35.4 Å². The Kier molecular flexibility index (Phi) is 15.7. The lowest BCUT2D eigenvalue weighted by molar-refractivity contribution is -0.109. The molecule has 0 aliphatic carbocycles. The van der Waals surface area contributed by atoms with Crippen LogP contribution in [0.15, 0.2) is 24.3 Å². The van der Waals surface area contributed by atoms with Crippen LogP contribution < -0.4 is 22.5 Å². The monoisotopic (exact) mass is 366 g/mol. The van der Waals surface area contributed by atoms with Crippen LogP contribution in [0.5, 0.6) is 0 Å². The van der Waals surface area contributed by atoms with E-state index < -0.39 is 11.8 Å². The van der Waals surface area contributed by atoms with E-state index in [1.165, 1.54) is 24.3 Å². The molecule has 6 N–H and O–H groups in total. The van der Waals surface area contributed by atoms with Crippen LogP contribution in [-0.2, 0) is 9.59 Å². The average Bonchev–Trinajstić information content (AvgIpc) is 2.61. The Morgan fingerprint density at radius 2 is 1.08 bits per heavy atom. The molecule has 0 bridgehead atoms. The van der Waals surface area contributed by atoms with Crippen LogP contribution in [0.3, 0.4) is 0 Å². The number of nitrogens with two attached hydrogens (primary N) is 2. The van der Waals surface area contributed by atoms with Crippen LogP contribution in [0.4, 0.5) is 0 Å².